The summed E-state index contributed by atoms with van der Waals surface area (Å²) in [5, 5.41) is 8.92. The van der Waals surface area contributed by atoms with Crippen molar-refractivity contribution < 1.29 is 9.84 Å². The average Bonchev–Trinajstić information content (AvgIpc) is 2.25. The molecule has 0 heterocycles. The van der Waals surface area contributed by atoms with E-state index in [9.17, 15) is 0 Å². The van der Waals surface area contributed by atoms with Crippen LogP contribution in [-0.4, -0.2) is 11.7 Å². The molecule has 0 fully saturated rings. The molecule has 2 heteroatoms. The first-order chi connectivity index (χ1) is 6.86. The number of aliphatic hydroxyl groups excluding tert-OH is 1. The fourth-order valence-electron chi connectivity index (χ4n) is 1.28. The first-order valence-corrected chi connectivity index (χ1v) is 5.19. The normalized spacial score (nSPS) is 10.1. The third kappa shape index (κ3) is 3.79. The van der Waals surface area contributed by atoms with Gasteiger partial charge in [-0.25, -0.2) is 0 Å². The molecular weight excluding hydrogens is 176 g/mol. The van der Waals surface area contributed by atoms with Crippen LogP contribution >= 0.6 is 0 Å². The van der Waals surface area contributed by atoms with Crippen molar-refractivity contribution in [3.05, 3.63) is 29.8 Å². The number of unbranched alkanes of at least 4 members (excludes halogenated alkanes) is 2. The van der Waals surface area contributed by atoms with Crippen molar-refractivity contribution in [2.24, 2.45) is 0 Å². The fourth-order valence-corrected chi connectivity index (χ4v) is 1.28. The number of hydrogen-bond acceptors (Lipinski definition) is 2. The minimum absolute atomic E-state index is 0.0756. The van der Waals surface area contributed by atoms with Crippen LogP contribution < -0.4 is 4.74 Å². The van der Waals surface area contributed by atoms with E-state index in [4.69, 9.17) is 9.84 Å². The molecule has 0 saturated heterocycles. The van der Waals surface area contributed by atoms with Gasteiger partial charge in [-0.1, -0.05) is 31.9 Å². The molecule has 2 nitrogen and oxygen atoms in total. The van der Waals surface area contributed by atoms with Gasteiger partial charge in [0.2, 0.25) is 0 Å². The molecule has 0 aliphatic heterocycles. The topological polar surface area (TPSA) is 29.5 Å². The van der Waals surface area contributed by atoms with Crippen molar-refractivity contribution >= 4 is 0 Å². The minimum atomic E-state index is 0.0756. The lowest BCUT2D eigenvalue weighted by atomic mass is 10.2. The molecule has 1 rings (SSSR count). The Morgan fingerprint density at radius 1 is 1.29 bits per heavy atom. The fraction of sp³-hybridized carbons (Fsp3) is 0.500. The van der Waals surface area contributed by atoms with Crippen LogP contribution in [0.4, 0.5) is 0 Å². The van der Waals surface area contributed by atoms with Gasteiger partial charge in [-0.2, -0.15) is 0 Å². The quantitative estimate of drug-likeness (QED) is 0.705. The molecule has 0 aliphatic rings. The highest BCUT2D eigenvalue weighted by atomic mass is 16.5. The van der Waals surface area contributed by atoms with Crippen LogP contribution in [0.3, 0.4) is 0 Å². The van der Waals surface area contributed by atoms with Gasteiger partial charge < -0.3 is 9.84 Å². The summed E-state index contributed by atoms with van der Waals surface area (Å²) in [7, 11) is 0. The SMILES string of the molecule is CCCCCOc1cccc(CO)c1. The van der Waals surface area contributed by atoms with Crippen LogP contribution in [0.2, 0.25) is 0 Å². The Bertz CT molecular complexity index is 258. The number of benzene rings is 1. The van der Waals surface area contributed by atoms with E-state index in [0.29, 0.717) is 0 Å². The van der Waals surface area contributed by atoms with Crippen molar-refractivity contribution in [1.82, 2.24) is 0 Å². The predicted molar refractivity (Wildman–Crippen MR) is 57.4 cm³/mol. The molecule has 14 heavy (non-hydrogen) atoms. The van der Waals surface area contributed by atoms with E-state index in [-0.39, 0.29) is 6.61 Å². The van der Waals surface area contributed by atoms with Gasteiger partial charge in [0.05, 0.1) is 13.2 Å². The van der Waals surface area contributed by atoms with Gasteiger partial charge in [-0.15, -0.1) is 0 Å². The molecular formula is C12H18O2. The molecule has 0 aliphatic carbocycles. The van der Waals surface area contributed by atoms with Gasteiger partial charge in [-0.3, -0.25) is 0 Å². The maximum atomic E-state index is 8.92. The zero-order valence-electron chi connectivity index (χ0n) is 8.70. The van der Waals surface area contributed by atoms with Gasteiger partial charge in [0.25, 0.3) is 0 Å². The molecule has 0 atom stereocenters. The number of ether oxygens (including phenoxy) is 1. The third-order valence-corrected chi connectivity index (χ3v) is 2.10. The monoisotopic (exact) mass is 194 g/mol. The summed E-state index contributed by atoms with van der Waals surface area (Å²) in [5.41, 5.74) is 0.901. The van der Waals surface area contributed by atoms with Crippen LogP contribution in [0.25, 0.3) is 0 Å². The summed E-state index contributed by atoms with van der Waals surface area (Å²) in [4.78, 5) is 0. The average molecular weight is 194 g/mol. The third-order valence-electron chi connectivity index (χ3n) is 2.10. The summed E-state index contributed by atoms with van der Waals surface area (Å²) in [5.74, 6) is 0.854. The molecule has 0 aromatic heterocycles. The largest absolute Gasteiger partial charge is 0.494 e. The lowest BCUT2D eigenvalue weighted by molar-refractivity contribution is 0.278. The van der Waals surface area contributed by atoms with Gasteiger partial charge >= 0.3 is 0 Å². The Morgan fingerprint density at radius 2 is 2.14 bits per heavy atom. The van der Waals surface area contributed by atoms with Crippen LogP contribution in [0, 0.1) is 0 Å². The van der Waals surface area contributed by atoms with E-state index in [1.807, 2.05) is 24.3 Å². The minimum Gasteiger partial charge on any atom is -0.494 e. The molecule has 0 amide bonds. The summed E-state index contributed by atoms with van der Waals surface area (Å²) in [6.07, 6.45) is 3.51. The highest BCUT2D eigenvalue weighted by Gasteiger charge is 1.95. The molecule has 1 aromatic carbocycles. The number of aliphatic hydroxyl groups is 1. The Hall–Kier alpha value is -1.02. The smallest absolute Gasteiger partial charge is 0.119 e. The molecule has 0 radical (unpaired) electrons. The lowest BCUT2D eigenvalue weighted by Crippen LogP contribution is -1.97. The Balaban J connectivity index is 2.34. The first kappa shape index (κ1) is 11.1. The van der Waals surface area contributed by atoms with Gasteiger partial charge in [0, 0.05) is 0 Å². The van der Waals surface area contributed by atoms with Gasteiger partial charge in [-0.05, 0) is 24.1 Å². The Kier molecular flexibility index (Phi) is 5.08. The molecule has 1 N–H and O–H groups in total. The van der Waals surface area contributed by atoms with E-state index < -0.39 is 0 Å². The van der Waals surface area contributed by atoms with Crippen LogP contribution in [0.5, 0.6) is 5.75 Å². The maximum Gasteiger partial charge on any atom is 0.119 e. The van der Waals surface area contributed by atoms with Crippen LogP contribution in [0.1, 0.15) is 31.7 Å². The Labute approximate surface area is 85.5 Å². The van der Waals surface area contributed by atoms with Crippen molar-refractivity contribution in [2.75, 3.05) is 6.61 Å². The lowest BCUT2D eigenvalue weighted by Gasteiger charge is -2.06. The predicted octanol–water partition coefficient (Wildman–Crippen LogP) is 2.75. The molecule has 78 valence electrons. The second-order valence-corrected chi connectivity index (χ2v) is 3.36. The summed E-state index contributed by atoms with van der Waals surface area (Å²) in [6.45, 7) is 3.02. The zero-order valence-corrected chi connectivity index (χ0v) is 8.70. The van der Waals surface area contributed by atoms with Gasteiger partial charge in [0.15, 0.2) is 0 Å². The summed E-state index contributed by atoms with van der Waals surface area (Å²) >= 11 is 0. The number of rotatable bonds is 6. The molecule has 0 bridgehead atoms. The highest BCUT2D eigenvalue weighted by molar-refractivity contribution is 5.27. The van der Waals surface area contributed by atoms with Crippen LogP contribution in [0.15, 0.2) is 24.3 Å². The van der Waals surface area contributed by atoms with Crippen molar-refractivity contribution in [2.45, 2.75) is 32.8 Å². The maximum absolute atomic E-state index is 8.92. The van der Waals surface area contributed by atoms with E-state index in [0.717, 1.165) is 24.3 Å². The molecule has 0 spiro atoms. The second-order valence-electron chi connectivity index (χ2n) is 3.36. The van der Waals surface area contributed by atoms with Crippen molar-refractivity contribution in [1.29, 1.82) is 0 Å². The van der Waals surface area contributed by atoms with Crippen LogP contribution in [-0.2, 0) is 6.61 Å². The van der Waals surface area contributed by atoms with Crippen molar-refractivity contribution in [3.63, 3.8) is 0 Å². The van der Waals surface area contributed by atoms with E-state index in [2.05, 4.69) is 6.92 Å². The van der Waals surface area contributed by atoms with Gasteiger partial charge in [0.1, 0.15) is 5.75 Å². The van der Waals surface area contributed by atoms with E-state index >= 15 is 0 Å². The zero-order chi connectivity index (χ0) is 10.2. The Morgan fingerprint density at radius 3 is 2.86 bits per heavy atom. The molecule has 0 saturated carbocycles. The summed E-state index contributed by atoms with van der Waals surface area (Å²) < 4.78 is 5.54. The molecule has 0 unspecified atom stereocenters. The highest BCUT2D eigenvalue weighted by Crippen LogP contribution is 2.13. The first-order valence-electron chi connectivity index (χ1n) is 5.19. The standard InChI is InChI=1S/C12H18O2/c1-2-3-4-8-14-12-7-5-6-11(9-12)10-13/h5-7,9,13H,2-4,8,10H2,1H3. The second kappa shape index (κ2) is 6.44. The van der Waals surface area contributed by atoms with Crippen molar-refractivity contribution in [3.8, 4) is 5.75 Å². The van der Waals surface area contributed by atoms with E-state index in [1.165, 1.54) is 12.8 Å². The van der Waals surface area contributed by atoms with E-state index in [1.54, 1.807) is 0 Å². The summed E-state index contributed by atoms with van der Waals surface area (Å²) in [6, 6.07) is 7.59. The number of hydrogen-bond donors (Lipinski definition) is 1. The molecule has 1 aromatic rings.